The topological polar surface area (TPSA) is 78.5 Å². The first-order valence-corrected chi connectivity index (χ1v) is 11.4. The minimum Gasteiger partial charge on any atom is -0.354 e. The monoisotopic (exact) mass is 453 g/mol. The molecule has 0 aliphatic carbocycles. The Morgan fingerprint density at radius 2 is 1.76 bits per heavy atom. The molecule has 0 aromatic heterocycles. The van der Waals surface area contributed by atoms with Crippen LogP contribution in [-0.4, -0.2) is 48.3 Å². The molecule has 1 fully saturated rings. The Morgan fingerprint density at radius 1 is 1.06 bits per heavy atom. The van der Waals surface area contributed by atoms with Crippen molar-refractivity contribution >= 4 is 17.7 Å². The van der Waals surface area contributed by atoms with E-state index in [2.05, 4.69) is 10.6 Å². The van der Waals surface area contributed by atoms with Crippen LogP contribution in [0, 0.1) is 24.6 Å². The van der Waals surface area contributed by atoms with Gasteiger partial charge >= 0.3 is 0 Å². The standard InChI is InChI=1S/C26H32FN3O3/c1-17(2)16-28-25(32)23(29-24(31)22-10-5-4-7-18(22)3)19-11-13-30(14-12-19)26(33)20-8-6-9-21(27)15-20/h4-10,15,17,19,23H,11-14,16H2,1-3H3,(H,28,32)(H,29,31). The summed E-state index contributed by atoms with van der Waals surface area (Å²) in [6.45, 7) is 7.28. The predicted molar refractivity (Wildman–Crippen MR) is 125 cm³/mol. The highest BCUT2D eigenvalue weighted by molar-refractivity contribution is 5.98. The first-order valence-electron chi connectivity index (χ1n) is 11.4. The van der Waals surface area contributed by atoms with Crippen LogP contribution in [0.3, 0.4) is 0 Å². The van der Waals surface area contributed by atoms with E-state index in [0.29, 0.717) is 43.6 Å². The van der Waals surface area contributed by atoms with Gasteiger partial charge in [-0.3, -0.25) is 14.4 Å². The second-order valence-corrected chi connectivity index (χ2v) is 9.05. The quantitative estimate of drug-likeness (QED) is 0.673. The summed E-state index contributed by atoms with van der Waals surface area (Å²) in [5.41, 5.74) is 1.69. The normalized spacial score (nSPS) is 15.2. The minimum absolute atomic E-state index is 0.110. The molecule has 1 heterocycles. The SMILES string of the molecule is Cc1ccccc1C(=O)NC(C(=O)NCC(C)C)C1CCN(C(=O)c2cccc(F)c2)CC1. The molecule has 3 rings (SSSR count). The molecule has 1 unspecified atom stereocenters. The molecule has 1 saturated heterocycles. The van der Waals surface area contributed by atoms with E-state index in [0.717, 1.165) is 5.56 Å². The highest BCUT2D eigenvalue weighted by atomic mass is 19.1. The molecule has 0 spiro atoms. The number of amides is 3. The molecule has 1 aliphatic rings. The first kappa shape index (κ1) is 24.4. The highest BCUT2D eigenvalue weighted by Gasteiger charge is 2.34. The number of likely N-dealkylation sites (tertiary alicyclic amines) is 1. The molecule has 0 saturated carbocycles. The van der Waals surface area contributed by atoms with Gasteiger partial charge in [-0.1, -0.05) is 38.1 Å². The third kappa shape index (κ3) is 6.40. The highest BCUT2D eigenvalue weighted by Crippen LogP contribution is 2.23. The lowest BCUT2D eigenvalue weighted by molar-refractivity contribution is -0.124. The molecule has 0 bridgehead atoms. The number of rotatable bonds is 7. The van der Waals surface area contributed by atoms with Gasteiger partial charge in [0.25, 0.3) is 11.8 Å². The van der Waals surface area contributed by atoms with Gasteiger partial charge in [0, 0.05) is 30.8 Å². The summed E-state index contributed by atoms with van der Waals surface area (Å²) in [5.74, 6) is -0.986. The third-order valence-electron chi connectivity index (χ3n) is 6.01. The van der Waals surface area contributed by atoms with Gasteiger partial charge in [0.15, 0.2) is 0 Å². The third-order valence-corrected chi connectivity index (χ3v) is 6.01. The van der Waals surface area contributed by atoms with Crippen LogP contribution in [0.4, 0.5) is 4.39 Å². The van der Waals surface area contributed by atoms with Crippen molar-refractivity contribution < 1.29 is 18.8 Å². The molecule has 0 radical (unpaired) electrons. The zero-order valence-electron chi connectivity index (χ0n) is 19.4. The Labute approximate surface area is 194 Å². The minimum atomic E-state index is -0.692. The average Bonchev–Trinajstić information content (AvgIpc) is 2.81. The lowest BCUT2D eigenvalue weighted by atomic mass is 9.88. The van der Waals surface area contributed by atoms with Crippen molar-refractivity contribution in [3.05, 3.63) is 71.0 Å². The second kappa shape index (κ2) is 11.1. The van der Waals surface area contributed by atoms with Crippen molar-refractivity contribution in [2.45, 2.75) is 39.7 Å². The summed E-state index contributed by atoms with van der Waals surface area (Å²) < 4.78 is 13.5. The molecule has 6 nitrogen and oxygen atoms in total. The largest absolute Gasteiger partial charge is 0.354 e. The summed E-state index contributed by atoms with van der Waals surface area (Å²) in [6, 6.07) is 12.2. The molecule has 33 heavy (non-hydrogen) atoms. The number of carbonyl (C=O) groups excluding carboxylic acids is 3. The Balaban J connectivity index is 1.70. The first-order chi connectivity index (χ1) is 15.8. The summed E-state index contributed by atoms with van der Waals surface area (Å²) >= 11 is 0. The second-order valence-electron chi connectivity index (χ2n) is 9.05. The van der Waals surface area contributed by atoms with Gasteiger partial charge in [-0.05, 0) is 61.4 Å². The van der Waals surface area contributed by atoms with Crippen LogP contribution < -0.4 is 10.6 Å². The number of nitrogens with one attached hydrogen (secondary N) is 2. The van der Waals surface area contributed by atoms with Gasteiger partial charge in [-0.15, -0.1) is 0 Å². The maximum atomic E-state index is 13.5. The van der Waals surface area contributed by atoms with E-state index in [1.54, 1.807) is 23.1 Å². The van der Waals surface area contributed by atoms with Crippen LogP contribution >= 0.6 is 0 Å². The number of hydrogen-bond donors (Lipinski definition) is 2. The Morgan fingerprint density at radius 3 is 2.39 bits per heavy atom. The summed E-state index contributed by atoms with van der Waals surface area (Å²) in [6.07, 6.45) is 1.13. The summed E-state index contributed by atoms with van der Waals surface area (Å²) in [4.78, 5) is 40.4. The molecular formula is C26H32FN3O3. The Bertz CT molecular complexity index is 1000. The van der Waals surface area contributed by atoms with E-state index in [9.17, 15) is 18.8 Å². The van der Waals surface area contributed by atoms with Crippen LogP contribution in [-0.2, 0) is 4.79 Å². The van der Waals surface area contributed by atoms with Crippen LogP contribution in [0.5, 0.6) is 0 Å². The molecule has 3 amide bonds. The van der Waals surface area contributed by atoms with Crippen molar-refractivity contribution in [3.63, 3.8) is 0 Å². The number of nitrogens with zero attached hydrogens (tertiary/aromatic N) is 1. The summed E-state index contributed by atoms with van der Waals surface area (Å²) in [7, 11) is 0. The van der Waals surface area contributed by atoms with Crippen LogP contribution in [0.25, 0.3) is 0 Å². The van der Waals surface area contributed by atoms with Crippen molar-refractivity contribution in [2.75, 3.05) is 19.6 Å². The van der Waals surface area contributed by atoms with Crippen LogP contribution in [0.15, 0.2) is 48.5 Å². The van der Waals surface area contributed by atoms with Gasteiger partial charge in [0.1, 0.15) is 11.9 Å². The van der Waals surface area contributed by atoms with Gasteiger partial charge in [-0.25, -0.2) is 4.39 Å². The van der Waals surface area contributed by atoms with Crippen LogP contribution in [0.2, 0.25) is 0 Å². The van der Waals surface area contributed by atoms with E-state index in [1.165, 1.54) is 18.2 Å². The molecule has 7 heteroatoms. The predicted octanol–water partition coefficient (Wildman–Crippen LogP) is 3.56. The average molecular weight is 454 g/mol. The lowest BCUT2D eigenvalue weighted by Crippen LogP contribution is -2.54. The molecule has 1 atom stereocenters. The number of piperidine rings is 1. The molecule has 2 aromatic carbocycles. The maximum absolute atomic E-state index is 13.5. The summed E-state index contributed by atoms with van der Waals surface area (Å²) in [5, 5.41) is 5.89. The fourth-order valence-corrected chi connectivity index (χ4v) is 4.10. The van der Waals surface area contributed by atoms with Crippen molar-refractivity contribution in [2.24, 2.45) is 11.8 Å². The smallest absolute Gasteiger partial charge is 0.253 e. The van der Waals surface area contributed by atoms with E-state index in [-0.39, 0.29) is 29.6 Å². The van der Waals surface area contributed by atoms with Crippen LogP contribution in [0.1, 0.15) is 53.0 Å². The molecule has 2 N–H and O–H groups in total. The van der Waals surface area contributed by atoms with E-state index < -0.39 is 11.9 Å². The van der Waals surface area contributed by atoms with Crippen molar-refractivity contribution in [1.29, 1.82) is 0 Å². The zero-order valence-corrected chi connectivity index (χ0v) is 19.4. The van der Waals surface area contributed by atoms with Crippen molar-refractivity contribution in [1.82, 2.24) is 15.5 Å². The van der Waals surface area contributed by atoms with E-state index in [1.807, 2.05) is 32.9 Å². The van der Waals surface area contributed by atoms with Crippen molar-refractivity contribution in [3.8, 4) is 0 Å². The van der Waals surface area contributed by atoms with Gasteiger partial charge in [0.2, 0.25) is 5.91 Å². The number of benzene rings is 2. The lowest BCUT2D eigenvalue weighted by Gasteiger charge is -2.36. The number of halogens is 1. The van der Waals surface area contributed by atoms with E-state index >= 15 is 0 Å². The fourth-order valence-electron chi connectivity index (χ4n) is 4.10. The van der Waals surface area contributed by atoms with E-state index in [4.69, 9.17) is 0 Å². The number of aryl methyl sites for hydroxylation is 1. The molecular weight excluding hydrogens is 421 g/mol. The Hall–Kier alpha value is -3.22. The maximum Gasteiger partial charge on any atom is 0.253 e. The Kier molecular flexibility index (Phi) is 8.20. The number of hydrogen-bond acceptors (Lipinski definition) is 3. The molecule has 176 valence electrons. The number of carbonyl (C=O) groups is 3. The fraction of sp³-hybridized carbons (Fsp3) is 0.423. The zero-order chi connectivity index (χ0) is 24.0. The molecule has 1 aliphatic heterocycles. The van der Waals surface area contributed by atoms with Gasteiger partial charge in [-0.2, -0.15) is 0 Å². The van der Waals surface area contributed by atoms with Gasteiger partial charge < -0.3 is 15.5 Å². The molecule has 2 aromatic rings. The van der Waals surface area contributed by atoms with Gasteiger partial charge in [0.05, 0.1) is 0 Å².